The highest BCUT2D eigenvalue weighted by atomic mass is 32.2. The Morgan fingerprint density at radius 2 is 1.35 bits per heavy atom. The Morgan fingerprint density at radius 1 is 0.742 bits per heavy atom. The van der Waals surface area contributed by atoms with Crippen LogP contribution in [-0.2, 0) is 10.0 Å². The second-order valence-corrected chi connectivity index (χ2v) is 9.15. The van der Waals surface area contributed by atoms with Crippen molar-refractivity contribution in [3.8, 4) is 11.1 Å². The zero-order valence-electron chi connectivity index (χ0n) is 16.5. The molecule has 0 aliphatic carbocycles. The lowest BCUT2D eigenvalue weighted by Gasteiger charge is -2.34. The molecule has 1 fully saturated rings. The van der Waals surface area contributed by atoms with Crippen LogP contribution in [-0.4, -0.2) is 49.7 Å². The summed E-state index contributed by atoms with van der Waals surface area (Å²) >= 11 is 0. The van der Waals surface area contributed by atoms with E-state index in [4.69, 9.17) is 0 Å². The predicted octanol–water partition coefficient (Wildman–Crippen LogP) is 3.78. The number of hydrogen-bond acceptors (Lipinski definition) is 3. The Kier molecular flexibility index (Phi) is 5.84. The van der Waals surface area contributed by atoms with E-state index in [1.165, 1.54) is 4.31 Å². The van der Waals surface area contributed by atoms with Crippen LogP contribution in [0.4, 0.5) is 8.78 Å². The number of piperazine rings is 1. The van der Waals surface area contributed by atoms with Crippen molar-refractivity contribution in [2.24, 2.45) is 0 Å². The minimum absolute atomic E-state index is 0.0785. The summed E-state index contributed by atoms with van der Waals surface area (Å²) in [6.45, 7) is 0.578. The maximum atomic E-state index is 13.5. The molecule has 1 saturated heterocycles. The van der Waals surface area contributed by atoms with Crippen molar-refractivity contribution >= 4 is 15.9 Å². The minimum atomic E-state index is -3.96. The molecule has 160 valence electrons. The van der Waals surface area contributed by atoms with Crippen molar-refractivity contribution in [2.45, 2.75) is 4.90 Å². The number of carbonyl (C=O) groups excluding carboxylic acids is 1. The van der Waals surface area contributed by atoms with Crippen LogP contribution in [0.3, 0.4) is 0 Å². The molecule has 1 amide bonds. The molecule has 0 spiro atoms. The molecule has 5 nitrogen and oxygen atoms in total. The van der Waals surface area contributed by atoms with E-state index in [9.17, 15) is 22.0 Å². The van der Waals surface area contributed by atoms with Crippen LogP contribution in [0, 0.1) is 11.6 Å². The van der Waals surface area contributed by atoms with Gasteiger partial charge in [0.1, 0.15) is 0 Å². The topological polar surface area (TPSA) is 57.7 Å². The van der Waals surface area contributed by atoms with Gasteiger partial charge in [-0.05, 0) is 41.5 Å². The highest BCUT2D eigenvalue weighted by molar-refractivity contribution is 7.89. The molecule has 0 bridgehead atoms. The Labute approximate surface area is 179 Å². The summed E-state index contributed by atoms with van der Waals surface area (Å²) < 4.78 is 53.2. The lowest BCUT2D eigenvalue weighted by molar-refractivity contribution is 0.0698. The van der Waals surface area contributed by atoms with Gasteiger partial charge in [-0.15, -0.1) is 0 Å². The van der Waals surface area contributed by atoms with Gasteiger partial charge in [0.25, 0.3) is 5.91 Å². The summed E-state index contributed by atoms with van der Waals surface area (Å²) in [5.74, 6) is -2.49. The van der Waals surface area contributed by atoms with E-state index >= 15 is 0 Å². The molecule has 0 radical (unpaired) electrons. The first-order chi connectivity index (χ1) is 14.9. The van der Waals surface area contributed by atoms with Gasteiger partial charge in [-0.1, -0.05) is 42.5 Å². The van der Waals surface area contributed by atoms with Gasteiger partial charge in [-0.3, -0.25) is 4.79 Å². The van der Waals surface area contributed by atoms with Crippen molar-refractivity contribution in [1.29, 1.82) is 0 Å². The molecule has 1 heterocycles. The highest BCUT2D eigenvalue weighted by Gasteiger charge is 2.31. The number of sulfonamides is 1. The van der Waals surface area contributed by atoms with Crippen molar-refractivity contribution in [2.75, 3.05) is 26.2 Å². The number of rotatable bonds is 4. The highest BCUT2D eigenvalue weighted by Crippen LogP contribution is 2.22. The second-order valence-electron chi connectivity index (χ2n) is 7.22. The van der Waals surface area contributed by atoms with Crippen LogP contribution in [0.25, 0.3) is 11.1 Å². The maximum absolute atomic E-state index is 13.5. The van der Waals surface area contributed by atoms with Gasteiger partial charge >= 0.3 is 0 Å². The van der Waals surface area contributed by atoms with Crippen LogP contribution in [0.15, 0.2) is 77.7 Å². The first kappa shape index (κ1) is 21.1. The molecular formula is C23H20F2N2O3S. The van der Waals surface area contributed by atoms with Gasteiger partial charge < -0.3 is 4.90 Å². The number of nitrogens with zero attached hydrogens (tertiary/aromatic N) is 2. The van der Waals surface area contributed by atoms with E-state index < -0.39 is 21.7 Å². The predicted molar refractivity (Wildman–Crippen MR) is 113 cm³/mol. The van der Waals surface area contributed by atoms with Gasteiger partial charge in [-0.2, -0.15) is 4.31 Å². The van der Waals surface area contributed by atoms with Crippen LogP contribution in [0.2, 0.25) is 0 Å². The van der Waals surface area contributed by atoms with E-state index in [-0.39, 0.29) is 37.0 Å². The second kappa shape index (κ2) is 8.56. The molecule has 1 aliphatic heterocycles. The summed E-state index contributed by atoms with van der Waals surface area (Å²) in [4.78, 5) is 14.1. The third-order valence-corrected chi connectivity index (χ3v) is 7.19. The van der Waals surface area contributed by atoms with E-state index in [0.29, 0.717) is 11.6 Å². The Hall–Kier alpha value is -3.10. The zero-order valence-corrected chi connectivity index (χ0v) is 17.4. The molecule has 0 N–H and O–H groups in total. The van der Waals surface area contributed by atoms with Crippen LogP contribution in [0.1, 0.15) is 10.4 Å². The Balaban J connectivity index is 1.42. The average Bonchev–Trinajstić information content (AvgIpc) is 2.81. The minimum Gasteiger partial charge on any atom is -0.336 e. The molecule has 3 aromatic carbocycles. The third-order valence-electron chi connectivity index (χ3n) is 5.29. The first-order valence-electron chi connectivity index (χ1n) is 9.76. The van der Waals surface area contributed by atoms with E-state index in [2.05, 4.69) is 0 Å². The zero-order chi connectivity index (χ0) is 22.0. The molecule has 0 unspecified atom stereocenters. The molecule has 0 saturated carbocycles. The van der Waals surface area contributed by atoms with Crippen LogP contribution >= 0.6 is 0 Å². The molecule has 0 atom stereocenters. The largest absolute Gasteiger partial charge is 0.336 e. The Bertz CT molecular complexity index is 1190. The quantitative estimate of drug-likeness (QED) is 0.618. The van der Waals surface area contributed by atoms with Gasteiger partial charge in [0.15, 0.2) is 11.6 Å². The van der Waals surface area contributed by atoms with E-state index in [1.54, 1.807) is 17.0 Å². The van der Waals surface area contributed by atoms with Crippen molar-refractivity contribution < 1.29 is 22.0 Å². The molecule has 1 aliphatic rings. The fraction of sp³-hybridized carbons (Fsp3) is 0.174. The monoisotopic (exact) mass is 442 g/mol. The third kappa shape index (κ3) is 4.35. The lowest BCUT2D eigenvalue weighted by atomic mass is 10.0. The first-order valence-corrected chi connectivity index (χ1v) is 11.2. The summed E-state index contributed by atoms with van der Waals surface area (Å²) in [6.07, 6.45) is 0. The number of amides is 1. The summed E-state index contributed by atoms with van der Waals surface area (Å²) in [7, 11) is -3.96. The fourth-order valence-electron chi connectivity index (χ4n) is 3.54. The SMILES string of the molecule is O=C(c1ccc(-c2ccccc2)cc1)N1CCN(S(=O)(=O)c2ccc(F)c(F)c2)CC1. The van der Waals surface area contributed by atoms with Gasteiger partial charge in [0, 0.05) is 31.7 Å². The van der Waals surface area contributed by atoms with Crippen LogP contribution in [0.5, 0.6) is 0 Å². The molecule has 31 heavy (non-hydrogen) atoms. The fourth-order valence-corrected chi connectivity index (χ4v) is 4.97. The van der Waals surface area contributed by atoms with Crippen molar-refractivity contribution in [1.82, 2.24) is 9.21 Å². The van der Waals surface area contributed by atoms with Crippen molar-refractivity contribution in [3.63, 3.8) is 0 Å². The molecular weight excluding hydrogens is 422 g/mol. The number of carbonyl (C=O) groups is 1. The molecule has 4 rings (SSSR count). The van der Waals surface area contributed by atoms with E-state index in [0.717, 1.165) is 23.3 Å². The van der Waals surface area contributed by atoms with Gasteiger partial charge in [-0.25, -0.2) is 17.2 Å². The smallest absolute Gasteiger partial charge is 0.253 e. The average molecular weight is 442 g/mol. The normalized spacial score (nSPS) is 15.1. The maximum Gasteiger partial charge on any atom is 0.253 e. The van der Waals surface area contributed by atoms with E-state index in [1.807, 2.05) is 42.5 Å². The molecule has 0 aromatic heterocycles. The molecule has 8 heteroatoms. The summed E-state index contributed by atoms with van der Waals surface area (Å²) in [5.41, 5.74) is 2.58. The number of benzene rings is 3. The standard InChI is InChI=1S/C23H20F2N2O3S/c24-21-11-10-20(16-22(21)25)31(29,30)27-14-12-26(13-15-27)23(28)19-8-6-18(7-9-19)17-4-2-1-3-5-17/h1-11,16H,12-15H2. The van der Waals surface area contributed by atoms with Crippen LogP contribution < -0.4 is 0 Å². The summed E-state index contributed by atoms with van der Waals surface area (Å²) in [6, 6.07) is 19.6. The molecule has 3 aromatic rings. The summed E-state index contributed by atoms with van der Waals surface area (Å²) in [5, 5.41) is 0. The lowest BCUT2D eigenvalue weighted by Crippen LogP contribution is -2.50. The van der Waals surface area contributed by atoms with Crippen molar-refractivity contribution in [3.05, 3.63) is 90.0 Å². The van der Waals surface area contributed by atoms with Gasteiger partial charge in [0.2, 0.25) is 10.0 Å². The van der Waals surface area contributed by atoms with Gasteiger partial charge in [0.05, 0.1) is 4.90 Å². The number of halogens is 2. The number of hydrogen-bond donors (Lipinski definition) is 0. The Morgan fingerprint density at radius 3 is 1.97 bits per heavy atom.